The lowest BCUT2D eigenvalue weighted by Crippen LogP contribution is -2.21. The lowest BCUT2D eigenvalue weighted by atomic mass is 10.1. The van der Waals surface area contributed by atoms with Crippen molar-refractivity contribution in [3.05, 3.63) is 29.3 Å². The molecule has 1 N–H and O–H groups in total. The van der Waals surface area contributed by atoms with Crippen molar-refractivity contribution in [2.75, 3.05) is 18.0 Å². The molecule has 0 radical (unpaired) electrons. The molecule has 0 aliphatic carbocycles. The Kier molecular flexibility index (Phi) is 3.50. The monoisotopic (exact) mass is 255 g/mol. The first-order chi connectivity index (χ1) is 8.54. The highest BCUT2D eigenvalue weighted by molar-refractivity contribution is 5.88. The van der Waals surface area contributed by atoms with Gasteiger partial charge < -0.3 is 10.0 Å². The average Bonchev–Trinajstić information content (AvgIpc) is 2.80. The number of nitrogens with zero attached hydrogens (tertiary/aromatic N) is 1. The summed E-state index contributed by atoms with van der Waals surface area (Å²) >= 11 is 0. The van der Waals surface area contributed by atoms with Gasteiger partial charge in [-0.3, -0.25) is 0 Å². The molecule has 1 atom stereocenters. The molecule has 2 rings (SSSR count). The fourth-order valence-electron chi connectivity index (χ4n) is 2.33. The third-order valence-electron chi connectivity index (χ3n) is 3.50. The Bertz CT molecular complexity index is 476. The largest absolute Gasteiger partial charge is 0.478 e. The molecule has 0 bridgehead atoms. The van der Waals surface area contributed by atoms with Crippen LogP contribution in [-0.4, -0.2) is 24.2 Å². The van der Waals surface area contributed by atoms with Gasteiger partial charge in [-0.1, -0.05) is 13.3 Å². The Hall–Kier alpha value is -1.65. The van der Waals surface area contributed by atoms with Gasteiger partial charge in [0.1, 0.15) is 0 Å². The van der Waals surface area contributed by atoms with Crippen LogP contribution >= 0.6 is 0 Å². The van der Waals surface area contributed by atoms with Gasteiger partial charge in [-0.2, -0.15) is 0 Å². The maximum atomic E-state index is 13.8. The number of halogens is 2. The van der Waals surface area contributed by atoms with Crippen LogP contribution in [0.2, 0.25) is 0 Å². The van der Waals surface area contributed by atoms with Crippen LogP contribution in [0.5, 0.6) is 0 Å². The lowest BCUT2D eigenvalue weighted by molar-refractivity contribution is 0.0690. The van der Waals surface area contributed by atoms with Crippen molar-refractivity contribution in [2.45, 2.75) is 19.8 Å². The Morgan fingerprint density at radius 2 is 2.17 bits per heavy atom. The van der Waals surface area contributed by atoms with Crippen LogP contribution in [0.15, 0.2) is 12.1 Å². The Labute approximate surface area is 104 Å². The van der Waals surface area contributed by atoms with Crippen LogP contribution in [0.1, 0.15) is 30.1 Å². The zero-order valence-electron chi connectivity index (χ0n) is 10.1. The molecule has 1 aromatic carbocycles. The zero-order valence-corrected chi connectivity index (χ0v) is 10.1. The standard InChI is InChI=1S/C13H15F2NO2/c1-2-8-5-6-16(7-8)10-4-3-9(13(17)18)11(14)12(10)15/h3-4,8H,2,5-7H2,1H3,(H,17,18). The number of hydrogen-bond donors (Lipinski definition) is 1. The topological polar surface area (TPSA) is 40.5 Å². The summed E-state index contributed by atoms with van der Waals surface area (Å²) in [5.74, 6) is -3.30. The van der Waals surface area contributed by atoms with Crippen LogP contribution in [-0.2, 0) is 0 Å². The van der Waals surface area contributed by atoms with Gasteiger partial charge in [0.15, 0.2) is 11.6 Å². The van der Waals surface area contributed by atoms with Crippen molar-refractivity contribution in [3.8, 4) is 0 Å². The second kappa shape index (κ2) is 4.92. The molecule has 18 heavy (non-hydrogen) atoms. The van der Waals surface area contributed by atoms with E-state index in [1.165, 1.54) is 6.07 Å². The van der Waals surface area contributed by atoms with Crippen molar-refractivity contribution in [2.24, 2.45) is 5.92 Å². The highest BCUT2D eigenvalue weighted by Crippen LogP contribution is 2.29. The summed E-state index contributed by atoms with van der Waals surface area (Å²) in [5, 5.41) is 8.71. The highest BCUT2D eigenvalue weighted by atomic mass is 19.2. The van der Waals surface area contributed by atoms with E-state index < -0.39 is 23.2 Å². The van der Waals surface area contributed by atoms with Crippen LogP contribution in [0, 0.1) is 17.6 Å². The van der Waals surface area contributed by atoms with Gasteiger partial charge in [0.2, 0.25) is 0 Å². The minimum Gasteiger partial charge on any atom is -0.478 e. The Balaban J connectivity index is 2.30. The molecule has 98 valence electrons. The van der Waals surface area contributed by atoms with Gasteiger partial charge in [-0.15, -0.1) is 0 Å². The molecule has 1 aliphatic rings. The van der Waals surface area contributed by atoms with Crippen LogP contribution < -0.4 is 4.90 Å². The molecule has 1 saturated heterocycles. The number of carbonyl (C=O) groups is 1. The summed E-state index contributed by atoms with van der Waals surface area (Å²) in [5.41, 5.74) is -0.462. The minimum atomic E-state index is -1.45. The lowest BCUT2D eigenvalue weighted by Gasteiger charge is -2.19. The molecule has 0 aromatic heterocycles. The number of anilines is 1. The quantitative estimate of drug-likeness (QED) is 0.902. The van der Waals surface area contributed by atoms with Crippen LogP contribution in [0.25, 0.3) is 0 Å². The summed E-state index contributed by atoms with van der Waals surface area (Å²) in [6, 6.07) is 2.47. The third kappa shape index (κ3) is 2.17. The van der Waals surface area contributed by atoms with Crippen LogP contribution in [0.3, 0.4) is 0 Å². The van der Waals surface area contributed by atoms with E-state index >= 15 is 0 Å². The van der Waals surface area contributed by atoms with Gasteiger partial charge in [-0.25, -0.2) is 13.6 Å². The summed E-state index contributed by atoms with van der Waals surface area (Å²) < 4.78 is 27.4. The number of hydrogen-bond acceptors (Lipinski definition) is 2. The molecular weight excluding hydrogens is 240 g/mol. The van der Waals surface area contributed by atoms with E-state index in [9.17, 15) is 13.6 Å². The molecule has 0 saturated carbocycles. The molecule has 3 nitrogen and oxygen atoms in total. The molecule has 1 fully saturated rings. The molecule has 5 heteroatoms. The summed E-state index contributed by atoms with van der Waals surface area (Å²) in [4.78, 5) is 12.5. The normalized spacial score (nSPS) is 19.3. The van der Waals surface area contributed by atoms with Gasteiger partial charge in [0, 0.05) is 13.1 Å². The second-order valence-electron chi connectivity index (χ2n) is 4.57. The van der Waals surface area contributed by atoms with Gasteiger partial charge >= 0.3 is 5.97 Å². The molecule has 0 spiro atoms. The van der Waals surface area contributed by atoms with Gasteiger partial charge in [-0.05, 0) is 24.5 Å². The minimum absolute atomic E-state index is 0.161. The molecule has 0 amide bonds. The van der Waals surface area contributed by atoms with E-state index in [0.29, 0.717) is 19.0 Å². The van der Waals surface area contributed by atoms with Crippen molar-refractivity contribution in [3.63, 3.8) is 0 Å². The fraction of sp³-hybridized carbons (Fsp3) is 0.462. The number of carboxylic acid groups (broad SMARTS) is 1. The molecule has 1 aliphatic heterocycles. The predicted octanol–water partition coefficient (Wildman–Crippen LogP) is 2.90. The number of rotatable bonds is 3. The van der Waals surface area contributed by atoms with Crippen molar-refractivity contribution >= 4 is 11.7 Å². The second-order valence-corrected chi connectivity index (χ2v) is 4.57. The van der Waals surface area contributed by atoms with Crippen LogP contribution in [0.4, 0.5) is 14.5 Å². The predicted molar refractivity (Wildman–Crippen MR) is 63.9 cm³/mol. The number of aromatic carboxylic acids is 1. The summed E-state index contributed by atoms with van der Waals surface area (Å²) in [6.07, 6.45) is 1.96. The first-order valence-corrected chi connectivity index (χ1v) is 6.00. The maximum Gasteiger partial charge on any atom is 0.338 e. The molecule has 1 aromatic rings. The summed E-state index contributed by atoms with van der Waals surface area (Å²) in [6.45, 7) is 3.44. The van der Waals surface area contributed by atoms with Crippen molar-refractivity contribution < 1.29 is 18.7 Å². The molecule has 1 heterocycles. The Morgan fingerprint density at radius 1 is 1.44 bits per heavy atom. The fourth-order valence-corrected chi connectivity index (χ4v) is 2.33. The van der Waals surface area contributed by atoms with E-state index in [1.807, 2.05) is 0 Å². The van der Waals surface area contributed by atoms with E-state index in [0.717, 1.165) is 18.9 Å². The number of benzene rings is 1. The van der Waals surface area contributed by atoms with E-state index in [2.05, 4.69) is 6.92 Å². The van der Waals surface area contributed by atoms with E-state index in [-0.39, 0.29) is 5.69 Å². The van der Waals surface area contributed by atoms with E-state index in [4.69, 9.17) is 5.11 Å². The van der Waals surface area contributed by atoms with Gasteiger partial charge in [0.05, 0.1) is 11.3 Å². The Morgan fingerprint density at radius 3 is 2.72 bits per heavy atom. The highest BCUT2D eigenvalue weighted by Gasteiger charge is 2.26. The number of carboxylic acids is 1. The SMILES string of the molecule is CCC1CCN(c2ccc(C(=O)O)c(F)c2F)C1. The van der Waals surface area contributed by atoms with Crippen molar-refractivity contribution in [1.29, 1.82) is 0 Å². The maximum absolute atomic E-state index is 13.8. The van der Waals surface area contributed by atoms with E-state index in [1.54, 1.807) is 4.90 Å². The average molecular weight is 255 g/mol. The molecular formula is C13H15F2NO2. The molecule has 1 unspecified atom stereocenters. The first-order valence-electron chi connectivity index (χ1n) is 6.00. The summed E-state index contributed by atoms with van der Waals surface area (Å²) in [7, 11) is 0. The van der Waals surface area contributed by atoms with Crippen molar-refractivity contribution in [1.82, 2.24) is 0 Å². The van der Waals surface area contributed by atoms with Gasteiger partial charge in [0.25, 0.3) is 0 Å². The zero-order chi connectivity index (χ0) is 13.3. The smallest absolute Gasteiger partial charge is 0.338 e. The first kappa shape index (κ1) is 12.8. The third-order valence-corrected chi connectivity index (χ3v) is 3.50.